The van der Waals surface area contributed by atoms with Crippen LogP contribution in [0.2, 0.25) is 0 Å². The van der Waals surface area contributed by atoms with Crippen LogP contribution >= 0.6 is 0 Å². The van der Waals surface area contributed by atoms with Crippen molar-refractivity contribution in [2.24, 2.45) is 0 Å². The monoisotopic (exact) mass is 317 g/mol. The van der Waals surface area contributed by atoms with Crippen LogP contribution in [-0.4, -0.2) is 0 Å². The predicted octanol–water partition coefficient (Wildman–Crippen LogP) is 5.39. The molecule has 2 aliphatic rings. The van der Waals surface area contributed by atoms with Crippen molar-refractivity contribution in [3.05, 3.63) is 52.4 Å². The fraction of sp³-hybridized carbons (Fsp3) is 0.412. The van der Waals surface area contributed by atoms with E-state index in [9.17, 15) is 0 Å². The molecule has 0 radical (unpaired) electrons. The third-order valence-corrected chi connectivity index (χ3v) is 11.0. The maximum atomic E-state index is 2.54. The quantitative estimate of drug-likeness (QED) is 0.576. The van der Waals surface area contributed by atoms with E-state index in [1.165, 1.54) is 32.1 Å². The van der Waals surface area contributed by atoms with E-state index < -0.39 is 21.8 Å². The van der Waals surface area contributed by atoms with Gasteiger partial charge in [-0.3, -0.25) is 0 Å². The molecule has 0 bridgehead atoms. The molecule has 0 saturated heterocycles. The maximum absolute atomic E-state index is 2.54. The fourth-order valence-electron chi connectivity index (χ4n) is 2.60. The van der Waals surface area contributed by atoms with Gasteiger partial charge in [-0.05, 0) is 0 Å². The Bertz CT molecular complexity index is 403. The second-order valence-corrected chi connectivity index (χ2v) is 12.0. The minimum atomic E-state index is -1.67. The van der Waals surface area contributed by atoms with Crippen molar-refractivity contribution in [1.82, 2.24) is 0 Å². The van der Waals surface area contributed by atoms with E-state index in [0.29, 0.717) is 0 Å². The Morgan fingerprint density at radius 2 is 1.78 bits per heavy atom. The summed E-state index contributed by atoms with van der Waals surface area (Å²) in [6.07, 6.45) is 22.8. The molecule has 0 aromatic carbocycles. The average Bonchev–Trinajstić information content (AvgIpc) is 3.03. The molecular weight excluding hydrogens is 295 g/mol. The van der Waals surface area contributed by atoms with Crippen molar-refractivity contribution in [3.63, 3.8) is 0 Å². The van der Waals surface area contributed by atoms with E-state index in [1.54, 1.807) is 9.84 Å². The third kappa shape index (κ3) is 3.54. The van der Waals surface area contributed by atoms with Crippen molar-refractivity contribution < 1.29 is 21.8 Å². The van der Waals surface area contributed by atoms with E-state index in [-0.39, 0.29) is 0 Å². The Morgan fingerprint density at radius 1 is 1.17 bits per heavy atom. The zero-order valence-electron chi connectivity index (χ0n) is 11.6. The van der Waals surface area contributed by atoms with Gasteiger partial charge >= 0.3 is 120 Å². The minimum absolute atomic E-state index is 1.21. The van der Waals surface area contributed by atoms with Crippen LogP contribution < -0.4 is 0 Å². The molecule has 1 heteroatoms. The molecule has 0 aromatic heterocycles. The fourth-order valence-corrected chi connectivity index (χ4v) is 9.84. The van der Waals surface area contributed by atoms with Crippen LogP contribution in [0.25, 0.3) is 0 Å². The third-order valence-electron chi connectivity index (χ3n) is 3.59. The number of hydrogen-bond acceptors (Lipinski definition) is 0. The summed E-state index contributed by atoms with van der Waals surface area (Å²) in [5.41, 5.74) is 0. The van der Waals surface area contributed by atoms with Crippen molar-refractivity contribution >= 4 is 0 Å². The molecular formula is C17H23Zr. The van der Waals surface area contributed by atoms with Gasteiger partial charge in [0, 0.05) is 0 Å². The molecule has 0 atom stereocenters. The second-order valence-electron chi connectivity index (χ2n) is 5.05. The Morgan fingerprint density at radius 3 is 2.22 bits per heavy atom. The topological polar surface area (TPSA) is 0 Å². The average molecular weight is 319 g/mol. The van der Waals surface area contributed by atoms with Gasteiger partial charge in [0.05, 0.1) is 0 Å². The van der Waals surface area contributed by atoms with Gasteiger partial charge in [0.25, 0.3) is 0 Å². The molecule has 18 heavy (non-hydrogen) atoms. The first kappa shape index (κ1) is 14.0. The molecule has 0 aromatic rings. The van der Waals surface area contributed by atoms with Crippen LogP contribution in [-0.2, 0) is 21.8 Å². The van der Waals surface area contributed by atoms with E-state index in [0.717, 1.165) is 0 Å². The summed E-state index contributed by atoms with van der Waals surface area (Å²) in [6.45, 7) is 4.67. The molecule has 2 rings (SSSR count). The zero-order valence-corrected chi connectivity index (χ0v) is 14.0. The first-order valence-corrected chi connectivity index (χ1v) is 10.8. The van der Waals surface area contributed by atoms with Crippen molar-refractivity contribution in [1.29, 1.82) is 0 Å². The van der Waals surface area contributed by atoms with Gasteiger partial charge in [-0.2, -0.15) is 0 Å². The van der Waals surface area contributed by atoms with E-state index >= 15 is 0 Å². The van der Waals surface area contributed by atoms with Gasteiger partial charge in [0.2, 0.25) is 0 Å². The molecule has 0 aliphatic heterocycles. The first-order chi connectivity index (χ1) is 8.83. The summed E-state index contributed by atoms with van der Waals surface area (Å²) < 4.78 is 5.26. The van der Waals surface area contributed by atoms with Crippen LogP contribution in [0.3, 0.4) is 0 Å². The standard InChI is InChI=1S/C7H13.2C5H5.Zr/c1-3-5-7-6-4-2;2*1-2-4-5-3-1;/h6H,3,5,7H2,1-2H3;2*1-3H,4H2;. The summed E-state index contributed by atoms with van der Waals surface area (Å²) in [4.78, 5) is 0. The molecule has 0 heterocycles. The molecule has 2 aliphatic carbocycles. The van der Waals surface area contributed by atoms with Gasteiger partial charge in [0.15, 0.2) is 0 Å². The Balaban J connectivity index is 2.11. The Labute approximate surface area is 120 Å². The molecule has 0 amide bonds. The molecule has 0 nitrogen and oxygen atoms in total. The summed E-state index contributed by atoms with van der Waals surface area (Å²) in [7, 11) is 0. The van der Waals surface area contributed by atoms with Crippen molar-refractivity contribution in [3.8, 4) is 0 Å². The van der Waals surface area contributed by atoms with Crippen LogP contribution in [0, 0.1) is 0 Å². The Kier molecular flexibility index (Phi) is 5.63. The second kappa shape index (κ2) is 7.24. The number of unbranched alkanes of at least 4 members (excludes halogenated alkanes) is 2. The number of hydrogen-bond donors (Lipinski definition) is 0. The Hall–Kier alpha value is -0.417. The first-order valence-electron chi connectivity index (χ1n) is 7.09. The van der Waals surface area contributed by atoms with E-state index in [1.807, 2.05) is 0 Å². The zero-order chi connectivity index (χ0) is 12.8. The molecule has 0 spiro atoms. The van der Waals surface area contributed by atoms with E-state index in [4.69, 9.17) is 0 Å². The summed E-state index contributed by atoms with van der Waals surface area (Å²) in [5, 5.41) is 0. The van der Waals surface area contributed by atoms with Crippen LogP contribution in [0.4, 0.5) is 0 Å². The van der Waals surface area contributed by atoms with Crippen LogP contribution in [0.1, 0.15) is 46.0 Å². The van der Waals surface area contributed by atoms with Crippen molar-refractivity contribution in [2.45, 2.75) is 46.0 Å². The summed E-state index contributed by atoms with van der Waals surface area (Å²) >= 11 is -1.67. The van der Waals surface area contributed by atoms with Gasteiger partial charge in [-0.25, -0.2) is 0 Å². The molecule has 95 valence electrons. The molecule has 0 fully saturated rings. The van der Waals surface area contributed by atoms with Gasteiger partial charge in [0.1, 0.15) is 0 Å². The SMILES string of the molecule is CCCC/C=[C](/C)[Zr]([C]1=CC=CC1)[C]1=CC=CC1. The van der Waals surface area contributed by atoms with Gasteiger partial charge < -0.3 is 0 Å². The molecule has 0 N–H and O–H groups in total. The summed E-state index contributed by atoms with van der Waals surface area (Å²) in [5.74, 6) is 0. The molecule has 0 unspecified atom stereocenters. The van der Waals surface area contributed by atoms with Crippen LogP contribution in [0.15, 0.2) is 52.4 Å². The summed E-state index contributed by atoms with van der Waals surface area (Å²) in [6, 6.07) is 0. The van der Waals surface area contributed by atoms with Crippen molar-refractivity contribution in [2.75, 3.05) is 0 Å². The van der Waals surface area contributed by atoms with E-state index in [2.05, 4.69) is 56.4 Å². The normalized spacial score (nSPS) is 18.2. The number of rotatable bonds is 6. The number of allylic oxidation sites excluding steroid dienone is 10. The van der Waals surface area contributed by atoms with Gasteiger partial charge in [-0.1, -0.05) is 0 Å². The predicted molar refractivity (Wildman–Crippen MR) is 77.0 cm³/mol. The van der Waals surface area contributed by atoms with Crippen LogP contribution in [0.5, 0.6) is 0 Å². The van der Waals surface area contributed by atoms with Gasteiger partial charge in [-0.15, -0.1) is 0 Å². The molecule has 0 saturated carbocycles.